The monoisotopic (exact) mass is 536 g/mol. The van der Waals surface area contributed by atoms with Crippen molar-refractivity contribution in [2.75, 3.05) is 18.5 Å². The van der Waals surface area contributed by atoms with Gasteiger partial charge < -0.3 is 14.6 Å². The van der Waals surface area contributed by atoms with Crippen LogP contribution in [0.3, 0.4) is 0 Å². The molecule has 38 heavy (non-hydrogen) atoms. The first-order valence-electron chi connectivity index (χ1n) is 13.0. The first-order valence-corrected chi connectivity index (χ1v) is 14.4. The lowest BCUT2D eigenvalue weighted by atomic mass is 9.81. The molecule has 0 aromatic heterocycles. The molecule has 202 valence electrons. The van der Waals surface area contributed by atoms with Crippen LogP contribution in [0.4, 0.5) is 11.4 Å². The first-order chi connectivity index (χ1) is 17.8. The molecule has 0 radical (unpaired) electrons. The zero-order valence-electron chi connectivity index (χ0n) is 22.7. The molecule has 0 saturated heterocycles. The normalized spacial score (nSPS) is 18.9. The van der Waals surface area contributed by atoms with Crippen molar-refractivity contribution in [3.63, 3.8) is 0 Å². The third-order valence-corrected chi connectivity index (χ3v) is 8.70. The molecule has 2 aliphatic rings. The Morgan fingerprint density at radius 3 is 2.39 bits per heavy atom. The number of fused-ring (bicyclic) bond motifs is 2. The van der Waals surface area contributed by atoms with E-state index in [2.05, 4.69) is 60.7 Å². The number of anilines is 1. The van der Waals surface area contributed by atoms with Gasteiger partial charge in [-0.1, -0.05) is 44.5 Å². The lowest BCUT2D eigenvalue weighted by molar-refractivity contribution is -0.401. The number of benzene rings is 2. The van der Waals surface area contributed by atoms with Crippen LogP contribution < -0.4 is 4.90 Å². The summed E-state index contributed by atoms with van der Waals surface area (Å²) in [4.78, 5) is 12.8. The van der Waals surface area contributed by atoms with E-state index < -0.39 is 21.5 Å². The summed E-state index contributed by atoms with van der Waals surface area (Å²) in [5, 5.41) is 8.95. The van der Waals surface area contributed by atoms with Crippen LogP contribution in [-0.2, 0) is 25.7 Å². The Morgan fingerprint density at radius 2 is 1.74 bits per heavy atom. The highest BCUT2D eigenvalue weighted by Gasteiger charge is 2.43. The lowest BCUT2D eigenvalue weighted by Gasteiger charge is -2.27. The van der Waals surface area contributed by atoms with Gasteiger partial charge in [-0.15, -0.1) is 0 Å². The second-order valence-corrected chi connectivity index (χ2v) is 12.5. The van der Waals surface area contributed by atoms with Crippen LogP contribution in [0.2, 0.25) is 0 Å². The summed E-state index contributed by atoms with van der Waals surface area (Å²) in [7, 11) is -2.51. The Labute approximate surface area is 225 Å². The lowest BCUT2D eigenvalue weighted by Crippen LogP contribution is -2.27. The molecule has 8 heteroatoms. The third-order valence-electron chi connectivity index (χ3n) is 7.87. The van der Waals surface area contributed by atoms with E-state index in [-0.39, 0.29) is 16.7 Å². The fourth-order valence-corrected chi connectivity index (χ4v) is 6.30. The third kappa shape index (κ3) is 5.07. The number of unbranched alkanes of at least 4 members (excludes halogenated alkanes) is 2. The highest BCUT2D eigenvalue weighted by Crippen LogP contribution is 2.48. The van der Waals surface area contributed by atoms with Crippen LogP contribution in [0.5, 0.6) is 0 Å². The second-order valence-electron chi connectivity index (χ2n) is 11.1. The van der Waals surface area contributed by atoms with Gasteiger partial charge in [0.05, 0.1) is 10.3 Å². The maximum atomic E-state index is 11.8. The molecule has 0 unspecified atom stereocenters. The zero-order chi connectivity index (χ0) is 27.9. The van der Waals surface area contributed by atoms with Gasteiger partial charge in [0, 0.05) is 47.5 Å². The predicted molar refractivity (Wildman–Crippen MR) is 148 cm³/mol. The molecule has 2 heterocycles. The number of carboxylic acids is 1. The van der Waals surface area contributed by atoms with Crippen molar-refractivity contribution >= 4 is 33.2 Å². The molecule has 0 aliphatic carbocycles. The molecule has 2 aromatic rings. The van der Waals surface area contributed by atoms with Crippen molar-refractivity contribution < 1.29 is 27.4 Å². The Morgan fingerprint density at radius 1 is 1.03 bits per heavy atom. The number of hydrogen-bond donors (Lipinski definition) is 1. The minimum absolute atomic E-state index is 0.141. The molecular formula is C30H36N2O5S. The summed E-state index contributed by atoms with van der Waals surface area (Å²) < 4.78 is 37.5. The second kappa shape index (κ2) is 10.2. The summed E-state index contributed by atoms with van der Waals surface area (Å²) in [6, 6.07) is 13.0. The smallest absolute Gasteiger partial charge is 0.303 e. The van der Waals surface area contributed by atoms with E-state index in [9.17, 15) is 17.8 Å². The van der Waals surface area contributed by atoms with Crippen LogP contribution in [0, 0.1) is 0 Å². The predicted octanol–water partition coefficient (Wildman–Crippen LogP) is 5.48. The van der Waals surface area contributed by atoms with Gasteiger partial charge in [0.25, 0.3) is 0 Å². The minimum Gasteiger partial charge on any atom is -0.744 e. The molecule has 0 saturated carbocycles. The van der Waals surface area contributed by atoms with E-state index in [1.54, 1.807) is 6.07 Å². The Balaban J connectivity index is 1.69. The maximum Gasteiger partial charge on any atom is 0.303 e. The summed E-state index contributed by atoms with van der Waals surface area (Å²) in [5.41, 5.74) is 5.60. The fourth-order valence-electron chi connectivity index (χ4n) is 5.81. The number of carbonyl (C=O) groups is 1. The van der Waals surface area contributed by atoms with Gasteiger partial charge in [-0.25, -0.2) is 8.42 Å². The molecule has 0 fully saturated rings. The minimum atomic E-state index is -4.58. The molecule has 2 aliphatic heterocycles. The van der Waals surface area contributed by atoms with Crippen LogP contribution >= 0.6 is 0 Å². The van der Waals surface area contributed by atoms with Gasteiger partial charge in [0.15, 0.2) is 5.71 Å². The van der Waals surface area contributed by atoms with Gasteiger partial charge in [-0.2, -0.15) is 4.58 Å². The number of aliphatic carboxylic acids is 1. The summed E-state index contributed by atoms with van der Waals surface area (Å²) in [5.74, 6) is -0.797. The average Bonchev–Trinajstić information content (AvgIpc) is 3.17. The summed E-state index contributed by atoms with van der Waals surface area (Å²) in [6.45, 7) is 9.15. The molecule has 1 N–H and O–H groups in total. The molecule has 0 amide bonds. The number of para-hydroxylation sites is 1. The van der Waals surface area contributed by atoms with E-state index in [1.165, 1.54) is 29.1 Å². The van der Waals surface area contributed by atoms with Crippen LogP contribution in [0.25, 0.3) is 0 Å². The van der Waals surface area contributed by atoms with Gasteiger partial charge in [0.2, 0.25) is 5.69 Å². The Bertz CT molecular complexity index is 1470. The van der Waals surface area contributed by atoms with Crippen molar-refractivity contribution in [3.05, 3.63) is 77.5 Å². The van der Waals surface area contributed by atoms with Crippen molar-refractivity contribution in [1.29, 1.82) is 0 Å². The molecule has 0 atom stereocenters. The molecule has 0 spiro atoms. The van der Waals surface area contributed by atoms with Crippen molar-refractivity contribution in [2.24, 2.45) is 0 Å². The standard InChI is InChI=1S/C30H36N2O5S/c1-29(2)22-12-8-9-13-24(22)31(5)26(29)14-11-15-27-30(3,4)23-20-21(38(35,36)37)17-18-25(23)32(27)19-10-6-7-16-28(33)34/h8-9,11-15,17-18,20H,6-7,10,16,19H2,1-5H3,(H-,33,34,35,36,37). The molecule has 7 nitrogen and oxygen atoms in total. The van der Waals surface area contributed by atoms with Crippen LogP contribution in [-0.4, -0.2) is 47.9 Å². The van der Waals surface area contributed by atoms with Crippen molar-refractivity contribution in [3.8, 4) is 0 Å². The topological polar surface area (TPSA) is 101 Å². The number of rotatable bonds is 9. The highest BCUT2D eigenvalue weighted by molar-refractivity contribution is 7.85. The Kier molecular flexibility index (Phi) is 7.43. The van der Waals surface area contributed by atoms with Gasteiger partial charge in [-0.3, -0.25) is 4.79 Å². The highest BCUT2D eigenvalue weighted by atomic mass is 32.2. The number of carboxylic acid groups (broad SMARTS) is 1. The largest absolute Gasteiger partial charge is 0.744 e. The maximum absolute atomic E-state index is 11.8. The summed E-state index contributed by atoms with van der Waals surface area (Å²) >= 11 is 0. The van der Waals surface area contributed by atoms with E-state index in [4.69, 9.17) is 5.11 Å². The van der Waals surface area contributed by atoms with Crippen LogP contribution in [0.1, 0.15) is 64.5 Å². The summed E-state index contributed by atoms with van der Waals surface area (Å²) in [6.07, 6.45) is 8.55. The number of allylic oxidation sites excluding steroid dienone is 4. The van der Waals surface area contributed by atoms with Crippen molar-refractivity contribution in [2.45, 2.75) is 69.1 Å². The average molecular weight is 537 g/mol. The molecule has 0 bridgehead atoms. The van der Waals surface area contributed by atoms with E-state index >= 15 is 0 Å². The number of hydrogen-bond acceptors (Lipinski definition) is 5. The van der Waals surface area contributed by atoms with Crippen molar-refractivity contribution in [1.82, 2.24) is 0 Å². The Hall–Kier alpha value is -3.23. The quantitative estimate of drug-likeness (QED) is 0.259. The van der Waals surface area contributed by atoms with E-state index in [1.807, 2.05) is 26.0 Å². The molecule has 4 rings (SSSR count). The van der Waals surface area contributed by atoms with E-state index in [0.29, 0.717) is 13.0 Å². The molecule has 2 aromatic carbocycles. The molecular weight excluding hydrogens is 500 g/mol. The first kappa shape index (κ1) is 27.8. The zero-order valence-corrected chi connectivity index (χ0v) is 23.5. The van der Waals surface area contributed by atoms with E-state index in [0.717, 1.165) is 29.8 Å². The SMILES string of the molecule is C[N+]1=C(/C=C/C=C2/N(CCCCCC(=O)O)c3ccc(S(=O)(=O)[O-])cc3C2(C)C)C(C)(C)c2ccccc21. The van der Waals surface area contributed by atoms with Gasteiger partial charge in [0.1, 0.15) is 17.2 Å². The van der Waals surface area contributed by atoms with Gasteiger partial charge >= 0.3 is 5.97 Å². The van der Waals surface area contributed by atoms with Gasteiger partial charge in [-0.05, 0) is 56.5 Å². The van der Waals surface area contributed by atoms with Crippen LogP contribution in [0.15, 0.2) is 71.3 Å². The number of nitrogens with zero attached hydrogens (tertiary/aromatic N) is 2. The fraction of sp³-hybridized carbons (Fsp3) is 0.400.